The van der Waals surface area contributed by atoms with Crippen LogP contribution in [-0.4, -0.2) is 11.0 Å². The highest BCUT2D eigenvalue weighted by Crippen LogP contribution is 2.40. The van der Waals surface area contributed by atoms with Crippen LogP contribution in [0.3, 0.4) is 0 Å². The monoisotopic (exact) mass is 321 g/mol. The van der Waals surface area contributed by atoms with E-state index in [1.54, 1.807) is 22.7 Å². The molecule has 1 saturated carbocycles. The van der Waals surface area contributed by atoms with E-state index in [0.29, 0.717) is 0 Å². The lowest BCUT2D eigenvalue weighted by molar-refractivity contribution is 0.236. The summed E-state index contributed by atoms with van der Waals surface area (Å²) in [5.41, 5.74) is 2.73. The second kappa shape index (κ2) is 5.77. The van der Waals surface area contributed by atoms with Gasteiger partial charge < -0.3 is 10.6 Å². The number of hydrogen-bond acceptors (Lipinski definition) is 4. The van der Waals surface area contributed by atoms with Gasteiger partial charge in [-0.2, -0.15) is 0 Å². The SMILES string of the molecule is Cc1csc(C2(NC(=O)Nc3cscc3C)CCCC2)n1. The number of aromatic nitrogens is 1. The molecule has 2 heterocycles. The first-order valence-electron chi connectivity index (χ1n) is 7.14. The van der Waals surface area contributed by atoms with Crippen LogP contribution in [0.15, 0.2) is 16.1 Å². The van der Waals surface area contributed by atoms with Gasteiger partial charge in [0.25, 0.3) is 0 Å². The van der Waals surface area contributed by atoms with Gasteiger partial charge in [-0.15, -0.1) is 22.7 Å². The lowest BCUT2D eigenvalue weighted by Crippen LogP contribution is -2.45. The van der Waals surface area contributed by atoms with Gasteiger partial charge in [0, 0.05) is 16.5 Å². The van der Waals surface area contributed by atoms with Crippen LogP contribution in [0.4, 0.5) is 10.5 Å². The van der Waals surface area contributed by atoms with E-state index in [1.807, 2.05) is 24.6 Å². The Morgan fingerprint density at radius 2 is 2.00 bits per heavy atom. The second-order valence-corrected chi connectivity index (χ2v) is 7.23. The molecule has 0 bridgehead atoms. The average Bonchev–Trinajstić information content (AvgIpc) is 3.14. The Kier molecular flexibility index (Phi) is 3.99. The average molecular weight is 321 g/mol. The van der Waals surface area contributed by atoms with E-state index < -0.39 is 0 Å². The van der Waals surface area contributed by atoms with E-state index in [2.05, 4.69) is 21.0 Å². The summed E-state index contributed by atoms with van der Waals surface area (Å²) in [6, 6.07) is -0.133. The number of carbonyl (C=O) groups excluding carboxylic acids is 1. The Morgan fingerprint density at radius 3 is 2.57 bits per heavy atom. The minimum atomic E-state index is -0.285. The van der Waals surface area contributed by atoms with Crippen LogP contribution < -0.4 is 10.6 Å². The van der Waals surface area contributed by atoms with E-state index in [1.165, 1.54) is 0 Å². The number of nitrogens with zero attached hydrogens (tertiary/aromatic N) is 1. The first-order valence-corrected chi connectivity index (χ1v) is 8.96. The minimum absolute atomic E-state index is 0.133. The summed E-state index contributed by atoms with van der Waals surface area (Å²) in [6.07, 6.45) is 4.21. The molecule has 0 aliphatic heterocycles. The number of nitrogens with one attached hydrogen (secondary N) is 2. The second-order valence-electron chi connectivity index (χ2n) is 5.63. The van der Waals surface area contributed by atoms with Crippen molar-refractivity contribution in [2.45, 2.75) is 45.1 Å². The fourth-order valence-electron chi connectivity index (χ4n) is 2.80. The predicted octanol–water partition coefficient (Wildman–Crippen LogP) is 4.41. The fourth-order valence-corrected chi connectivity index (χ4v) is 4.60. The highest BCUT2D eigenvalue weighted by Gasteiger charge is 2.39. The highest BCUT2D eigenvalue weighted by molar-refractivity contribution is 7.09. The summed E-state index contributed by atoms with van der Waals surface area (Å²) < 4.78 is 0. The molecule has 2 aromatic heterocycles. The van der Waals surface area contributed by atoms with Crippen molar-refractivity contribution in [3.63, 3.8) is 0 Å². The third kappa shape index (κ3) is 2.96. The van der Waals surface area contributed by atoms with Crippen molar-refractivity contribution in [2.24, 2.45) is 0 Å². The number of anilines is 1. The largest absolute Gasteiger partial charge is 0.326 e. The standard InChI is InChI=1S/C15H19N3OS2/c1-10-7-20-9-12(10)17-14(19)18-15(5-3-4-6-15)13-16-11(2)8-21-13/h7-9H,3-6H2,1-2H3,(H2,17,18,19). The molecule has 1 fully saturated rings. The van der Waals surface area contributed by atoms with Crippen molar-refractivity contribution in [2.75, 3.05) is 5.32 Å². The van der Waals surface area contributed by atoms with Gasteiger partial charge in [-0.3, -0.25) is 0 Å². The van der Waals surface area contributed by atoms with Crippen LogP contribution in [-0.2, 0) is 5.54 Å². The molecule has 21 heavy (non-hydrogen) atoms. The third-order valence-corrected chi connectivity index (χ3v) is 5.97. The molecule has 0 unspecified atom stereocenters. The third-order valence-electron chi connectivity index (χ3n) is 3.94. The van der Waals surface area contributed by atoms with E-state index in [4.69, 9.17) is 0 Å². The maximum atomic E-state index is 12.4. The molecule has 2 aromatic rings. The molecular formula is C15H19N3OS2. The molecule has 2 N–H and O–H groups in total. The molecule has 0 spiro atoms. The number of amides is 2. The molecule has 1 aliphatic carbocycles. The molecular weight excluding hydrogens is 302 g/mol. The number of rotatable bonds is 3. The smallest absolute Gasteiger partial charge is 0.320 e. The molecule has 3 rings (SSSR count). The van der Waals surface area contributed by atoms with Crippen molar-refractivity contribution in [3.05, 3.63) is 32.4 Å². The van der Waals surface area contributed by atoms with Crippen LogP contribution >= 0.6 is 22.7 Å². The molecule has 0 saturated heterocycles. The first-order chi connectivity index (χ1) is 10.1. The molecule has 0 atom stereocenters. The van der Waals surface area contributed by atoms with E-state index in [9.17, 15) is 4.79 Å². The Morgan fingerprint density at radius 1 is 1.24 bits per heavy atom. The molecule has 2 amide bonds. The van der Waals surface area contributed by atoms with Gasteiger partial charge in [-0.25, -0.2) is 9.78 Å². The molecule has 6 heteroatoms. The van der Waals surface area contributed by atoms with Crippen molar-refractivity contribution in [1.82, 2.24) is 10.3 Å². The zero-order chi connectivity index (χ0) is 14.9. The van der Waals surface area contributed by atoms with Gasteiger partial charge >= 0.3 is 6.03 Å². The number of carbonyl (C=O) groups is 1. The topological polar surface area (TPSA) is 54.0 Å². The Labute approximate surface area is 132 Å². The number of thiophene rings is 1. The first kappa shape index (κ1) is 14.5. The molecule has 0 aromatic carbocycles. The van der Waals surface area contributed by atoms with Crippen molar-refractivity contribution in [3.8, 4) is 0 Å². The Hall–Kier alpha value is -1.40. The zero-order valence-electron chi connectivity index (χ0n) is 12.2. The summed E-state index contributed by atoms with van der Waals surface area (Å²) >= 11 is 3.24. The van der Waals surface area contributed by atoms with Crippen LogP contribution in [0, 0.1) is 13.8 Å². The molecule has 112 valence electrons. The normalized spacial score (nSPS) is 16.9. The van der Waals surface area contributed by atoms with Gasteiger partial charge in [0.05, 0.1) is 11.2 Å². The minimum Gasteiger partial charge on any atom is -0.326 e. The van der Waals surface area contributed by atoms with Gasteiger partial charge in [0.1, 0.15) is 5.01 Å². The van der Waals surface area contributed by atoms with Crippen LogP contribution in [0.2, 0.25) is 0 Å². The molecule has 1 aliphatic rings. The van der Waals surface area contributed by atoms with Crippen LogP contribution in [0.1, 0.15) is 41.9 Å². The van der Waals surface area contributed by atoms with Gasteiger partial charge in [0.2, 0.25) is 0 Å². The highest BCUT2D eigenvalue weighted by atomic mass is 32.1. The van der Waals surface area contributed by atoms with Crippen LogP contribution in [0.25, 0.3) is 0 Å². The summed E-state index contributed by atoms with van der Waals surface area (Å²) in [6.45, 7) is 4.00. The maximum Gasteiger partial charge on any atom is 0.320 e. The lowest BCUT2D eigenvalue weighted by atomic mass is 9.99. The summed E-state index contributed by atoms with van der Waals surface area (Å²) in [5.74, 6) is 0. The number of hydrogen-bond donors (Lipinski definition) is 2. The van der Waals surface area contributed by atoms with Crippen molar-refractivity contribution in [1.29, 1.82) is 0 Å². The Balaban J connectivity index is 1.76. The molecule has 0 radical (unpaired) electrons. The van der Waals surface area contributed by atoms with Gasteiger partial charge in [0.15, 0.2) is 0 Å². The quantitative estimate of drug-likeness (QED) is 0.879. The summed E-state index contributed by atoms with van der Waals surface area (Å²) in [4.78, 5) is 17.0. The van der Waals surface area contributed by atoms with E-state index in [-0.39, 0.29) is 11.6 Å². The lowest BCUT2D eigenvalue weighted by Gasteiger charge is -2.28. The molecule has 4 nitrogen and oxygen atoms in total. The number of urea groups is 1. The predicted molar refractivity (Wildman–Crippen MR) is 88.2 cm³/mol. The zero-order valence-corrected chi connectivity index (χ0v) is 13.9. The fraction of sp³-hybridized carbons (Fsp3) is 0.467. The Bertz CT molecular complexity index is 641. The summed E-state index contributed by atoms with van der Waals surface area (Å²) in [5, 5.41) is 13.2. The number of aryl methyl sites for hydroxylation is 2. The van der Waals surface area contributed by atoms with E-state index in [0.717, 1.165) is 47.6 Å². The van der Waals surface area contributed by atoms with E-state index >= 15 is 0 Å². The summed E-state index contributed by atoms with van der Waals surface area (Å²) in [7, 11) is 0. The van der Waals surface area contributed by atoms with Crippen molar-refractivity contribution < 1.29 is 4.79 Å². The van der Waals surface area contributed by atoms with Crippen LogP contribution in [0.5, 0.6) is 0 Å². The van der Waals surface area contributed by atoms with Gasteiger partial charge in [-0.1, -0.05) is 12.8 Å². The van der Waals surface area contributed by atoms with Gasteiger partial charge in [-0.05, 0) is 37.6 Å². The van der Waals surface area contributed by atoms with Crippen molar-refractivity contribution >= 4 is 34.4 Å². The number of thiazole rings is 1. The maximum absolute atomic E-state index is 12.4.